The molecule has 0 aliphatic carbocycles. The zero-order chi connectivity index (χ0) is 28.3. The van der Waals surface area contributed by atoms with Crippen LogP contribution in [-0.4, -0.2) is 31.3 Å². The highest BCUT2D eigenvalue weighted by Crippen LogP contribution is 2.61. The van der Waals surface area contributed by atoms with Crippen molar-refractivity contribution in [2.75, 3.05) is 36.2 Å². The van der Waals surface area contributed by atoms with Crippen LogP contribution in [0.25, 0.3) is 0 Å². The van der Waals surface area contributed by atoms with Crippen LogP contribution in [0.1, 0.15) is 90.5 Å². The molecule has 0 radical (unpaired) electrons. The molecule has 226 valence electrons. The highest BCUT2D eigenvalue weighted by Gasteiger charge is 2.34. The first-order valence-electron chi connectivity index (χ1n) is 16.1. The Morgan fingerprint density at radius 2 is 0.951 bits per heavy atom. The molecular weight excluding hydrogens is 585 g/mol. The molecule has 0 unspecified atom stereocenters. The van der Waals surface area contributed by atoms with Crippen molar-refractivity contribution in [3.8, 4) is 0 Å². The Hall–Kier alpha value is -1.67. The van der Waals surface area contributed by atoms with Crippen LogP contribution in [0.15, 0.2) is 84.9 Å². The summed E-state index contributed by atoms with van der Waals surface area (Å²) < 4.78 is 6.09. The van der Waals surface area contributed by atoms with E-state index in [-0.39, 0.29) is 17.0 Å². The molecule has 0 aromatic heterocycles. The SMILES string of the molecule is CCCC[P+](CCCC)(CCCC)CCCCCCOCc1ccc(N(c2ccccc2)c2ccccc2)cc1.[Br-]. The molecule has 3 rings (SSSR count). The van der Waals surface area contributed by atoms with Crippen LogP contribution in [0.2, 0.25) is 0 Å². The standard InChI is InChI=1S/C37H55NOP.BrH/c1-4-7-29-40(30-8-5-2,31-9-6-3)32-19-11-10-18-28-39-33-34-24-26-37(27-25-34)38(35-20-14-12-15-21-35)36-22-16-13-17-23-36;/h12-17,20-27H,4-11,18-19,28-33H2,1-3H3;1H/q+1;/p-1. The first kappa shape index (κ1) is 35.5. The van der Waals surface area contributed by atoms with Gasteiger partial charge in [0.15, 0.2) is 0 Å². The van der Waals surface area contributed by atoms with Gasteiger partial charge < -0.3 is 26.6 Å². The maximum Gasteiger partial charge on any atom is 0.0716 e. The molecule has 0 heterocycles. The molecule has 3 aromatic rings. The van der Waals surface area contributed by atoms with E-state index < -0.39 is 7.26 Å². The summed E-state index contributed by atoms with van der Waals surface area (Å²) in [6.45, 7) is 8.66. The topological polar surface area (TPSA) is 12.5 Å². The Morgan fingerprint density at radius 1 is 0.512 bits per heavy atom. The van der Waals surface area contributed by atoms with Crippen LogP contribution in [0.5, 0.6) is 0 Å². The third kappa shape index (κ3) is 12.6. The molecule has 0 spiro atoms. The molecule has 3 aromatic carbocycles. The molecule has 0 bridgehead atoms. The predicted molar refractivity (Wildman–Crippen MR) is 180 cm³/mol. The number of ether oxygens (including phenoxy) is 1. The lowest BCUT2D eigenvalue weighted by Crippen LogP contribution is -3.00. The highest BCUT2D eigenvalue weighted by molar-refractivity contribution is 7.75. The van der Waals surface area contributed by atoms with Gasteiger partial charge in [-0.3, -0.25) is 0 Å². The molecule has 0 saturated carbocycles. The van der Waals surface area contributed by atoms with Crippen molar-refractivity contribution in [1.29, 1.82) is 0 Å². The molecule has 0 amide bonds. The smallest absolute Gasteiger partial charge is 0.0716 e. The minimum absolute atomic E-state index is 0. The second kappa shape index (κ2) is 21.1. The van der Waals surface area contributed by atoms with Gasteiger partial charge in [0.25, 0.3) is 0 Å². The van der Waals surface area contributed by atoms with Crippen LogP contribution in [0, 0.1) is 0 Å². The fraction of sp³-hybridized carbons (Fsp3) is 0.514. The van der Waals surface area contributed by atoms with Crippen molar-refractivity contribution < 1.29 is 21.7 Å². The lowest BCUT2D eigenvalue weighted by atomic mass is 10.1. The number of para-hydroxylation sites is 2. The number of rotatable bonds is 21. The van der Waals surface area contributed by atoms with E-state index in [2.05, 4.69) is 111 Å². The predicted octanol–water partition coefficient (Wildman–Crippen LogP) is 8.66. The van der Waals surface area contributed by atoms with Gasteiger partial charge in [-0.1, -0.05) is 95.0 Å². The molecule has 0 fully saturated rings. The number of unbranched alkanes of at least 4 members (excludes halogenated alkanes) is 6. The first-order valence-corrected chi connectivity index (χ1v) is 18.7. The van der Waals surface area contributed by atoms with E-state index >= 15 is 0 Å². The van der Waals surface area contributed by atoms with Gasteiger partial charge >= 0.3 is 0 Å². The lowest BCUT2D eigenvalue weighted by Gasteiger charge is -2.28. The summed E-state index contributed by atoms with van der Waals surface area (Å²) in [7, 11) is -0.733. The third-order valence-corrected chi connectivity index (χ3v) is 13.2. The molecule has 0 atom stereocenters. The minimum Gasteiger partial charge on any atom is -1.00 e. The van der Waals surface area contributed by atoms with Crippen LogP contribution in [-0.2, 0) is 11.3 Å². The third-order valence-electron chi connectivity index (χ3n) is 8.12. The maximum atomic E-state index is 6.09. The van der Waals surface area contributed by atoms with Crippen LogP contribution >= 0.6 is 7.26 Å². The molecule has 4 heteroatoms. The van der Waals surface area contributed by atoms with Gasteiger partial charge in [0.1, 0.15) is 0 Å². The summed E-state index contributed by atoms with van der Waals surface area (Å²) >= 11 is 0. The van der Waals surface area contributed by atoms with E-state index in [0.29, 0.717) is 6.61 Å². The quantitative estimate of drug-likeness (QED) is 0.0854. The van der Waals surface area contributed by atoms with Crippen molar-refractivity contribution in [2.45, 2.75) is 91.6 Å². The Bertz CT molecular complexity index is 967. The fourth-order valence-electron chi connectivity index (χ4n) is 5.69. The molecule has 2 nitrogen and oxygen atoms in total. The Balaban J connectivity index is 0.00000588. The van der Waals surface area contributed by atoms with Crippen molar-refractivity contribution in [3.05, 3.63) is 90.5 Å². The van der Waals surface area contributed by atoms with Crippen molar-refractivity contribution in [1.82, 2.24) is 0 Å². The van der Waals surface area contributed by atoms with Crippen LogP contribution < -0.4 is 21.9 Å². The first-order chi connectivity index (χ1) is 19.7. The van der Waals surface area contributed by atoms with E-state index in [1.807, 2.05) is 0 Å². The minimum atomic E-state index is -0.733. The van der Waals surface area contributed by atoms with Crippen LogP contribution in [0.3, 0.4) is 0 Å². The lowest BCUT2D eigenvalue weighted by molar-refractivity contribution is -0.00000897. The van der Waals surface area contributed by atoms with Crippen molar-refractivity contribution in [3.63, 3.8) is 0 Å². The Morgan fingerprint density at radius 3 is 1.44 bits per heavy atom. The maximum absolute atomic E-state index is 6.09. The van der Waals surface area contributed by atoms with E-state index in [0.717, 1.165) is 23.7 Å². The van der Waals surface area contributed by atoms with E-state index in [1.54, 1.807) is 24.6 Å². The number of hydrogen-bond acceptors (Lipinski definition) is 2. The molecule has 0 saturated heterocycles. The number of halogens is 1. The zero-order valence-electron chi connectivity index (χ0n) is 26.1. The van der Waals surface area contributed by atoms with Gasteiger partial charge in [-0.2, -0.15) is 0 Å². The van der Waals surface area contributed by atoms with E-state index in [9.17, 15) is 0 Å². The van der Waals surface area contributed by atoms with Gasteiger partial charge in [-0.05, 0) is 80.5 Å². The average molecular weight is 641 g/mol. The molecular formula is C37H55BrNOP. The molecule has 0 aliphatic rings. The molecule has 41 heavy (non-hydrogen) atoms. The van der Waals surface area contributed by atoms with Crippen molar-refractivity contribution >= 4 is 24.3 Å². The summed E-state index contributed by atoms with van der Waals surface area (Å²) in [6.07, 6.45) is 19.9. The van der Waals surface area contributed by atoms with E-state index in [1.165, 1.54) is 69.8 Å². The largest absolute Gasteiger partial charge is 1.00 e. The summed E-state index contributed by atoms with van der Waals surface area (Å²) in [4.78, 5) is 2.30. The second-order valence-corrected chi connectivity index (χ2v) is 15.9. The number of nitrogens with zero attached hydrogens (tertiary/aromatic N) is 1. The monoisotopic (exact) mass is 639 g/mol. The number of benzene rings is 3. The second-order valence-electron chi connectivity index (χ2n) is 11.4. The Labute approximate surface area is 263 Å². The summed E-state index contributed by atoms with van der Waals surface area (Å²) in [5, 5.41) is 0. The number of anilines is 3. The van der Waals surface area contributed by atoms with Crippen LogP contribution in [0.4, 0.5) is 17.1 Å². The van der Waals surface area contributed by atoms with Gasteiger partial charge in [0.05, 0.1) is 31.3 Å². The van der Waals surface area contributed by atoms with Gasteiger partial charge in [0, 0.05) is 30.9 Å². The summed E-state index contributed by atoms with van der Waals surface area (Å²) in [5.74, 6) is 0. The highest BCUT2D eigenvalue weighted by atomic mass is 79.9. The average Bonchev–Trinajstić information content (AvgIpc) is 3.01. The fourth-order valence-corrected chi connectivity index (χ4v) is 10.9. The summed E-state index contributed by atoms with van der Waals surface area (Å²) in [5.41, 5.74) is 4.73. The zero-order valence-corrected chi connectivity index (χ0v) is 28.6. The van der Waals surface area contributed by atoms with Gasteiger partial charge in [0.2, 0.25) is 0 Å². The molecule has 0 aliphatic heterocycles. The molecule has 0 N–H and O–H groups in total. The van der Waals surface area contributed by atoms with Gasteiger partial charge in [-0.15, -0.1) is 0 Å². The summed E-state index contributed by atoms with van der Waals surface area (Å²) in [6, 6.07) is 30.0. The number of hydrogen-bond donors (Lipinski definition) is 0. The Kier molecular flexibility index (Phi) is 18.3. The van der Waals surface area contributed by atoms with Crippen molar-refractivity contribution in [2.24, 2.45) is 0 Å². The van der Waals surface area contributed by atoms with E-state index in [4.69, 9.17) is 4.74 Å². The van der Waals surface area contributed by atoms with Gasteiger partial charge in [-0.25, -0.2) is 0 Å². The normalized spacial score (nSPS) is 11.3.